The summed E-state index contributed by atoms with van der Waals surface area (Å²) in [5.74, 6) is -0.456. The minimum Gasteiger partial charge on any atom is -0.462 e. The lowest BCUT2D eigenvalue weighted by atomic mass is 10.1. The van der Waals surface area contributed by atoms with Crippen molar-refractivity contribution in [3.05, 3.63) is 85.1 Å². The Morgan fingerprint density at radius 1 is 0.371 bits per heavy atom. The molecule has 62 heavy (non-hydrogen) atoms. The van der Waals surface area contributed by atoms with Gasteiger partial charge in [0.05, 0.1) is 13.2 Å². The van der Waals surface area contributed by atoms with Crippen molar-refractivity contribution in [2.75, 3.05) is 19.8 Å². The molecule has 0 saturated carbocycles. The zero-order chi connectivity index (χ0) is 44.9. The molecule has 0 aliphatic heterocycles. The van der Waals surface area contributed by atoms with Gasteiger partial charge >= 0.3 is 11.9 Å². The predicted octanol–water partition coefficient (Wildman–Crippen LogP) is 17.7. The van der Waals surface area contributed by atoms with Gasteiger partial charge in [-0.25, -0.2) is 0 Å². The summed E-state index contributed by atoms with van der Waals surface area (Å²) in [4.78, 5) is 25.4. The third kappa shape index (κ3) is 49.7. The summed E-state index contributed by atoms with van der Waals surface area (Å²) in [6.07, 6.45) is 69.0. The number of hydrogen-bond donors (Lipinski definition) is 0. The topological polar surface area (TPSA) is 61.8 Å². The van der Waals surface area contributed by atoms with Gasteiger partial charge in [-0.15, -0.1) is 0 Å². The highest BCUT2D eigenvalue weighted by molar-refractivity contribution is 5.70. The normalized spacial score (nSPS) is 12.9. The van der Waals surface area contributed by atoms with Crippen LogP contribution in [0.1, 0.15) is 239 Å². The van der Waals surface area contributed by atoms with Crippen LogP contribution in [0.3, 0.4) is 0 Å². The molecule has 0 spiro atoms. The number of allylic oxidation sites excluding steroid dienone is 13. The number of carbonyl (C=O) groups is 2. The first-order valence-electron chi connectivity index (χ1n) is 26.1. The van der Waals surface area contributed by atoms with Crippen molar-refractivity contribution < 1.29 is 23.8 Å². The van der Waals surface area contributed by atoms with Crippen molar-refractivity contribution in [1.29, 1.82) is 0 Å². The molecule has 0 aliphatic carbocycles. The van der Waals surface area contributed by atoms with Crippen molar-refractivity contribution in [1.82, 2.24) is 0 Å². The lowest BCUT2D eigenvalue weighted by molar-refractivity contribution is -0.162. The second-order valence-corrected chi connectivity index (χ2v) is 17.0. The molecular formula is C57H98O5. The highest BCUT2D eigenvalue weighted by Crippen LogP contribution is 2.13. The van der Waals surface area contributed by atoms with Crippen LogP contribution in [0, 0.1) is 0 Å². The molecule has 0 bridgehead atoms. The van der Waals surface area contributed by atoms with Gasteiger partial charge in [0.2, 0.25) is 0 Å². The molecule has 0 rings (SSSR count). The number of carbonyl (C=O) groups excluding carboxylic acids is 2. The van der Waals surface area contributed by atoms with E-state index in [-0.39, 0.29) is 25.2 Å². The van der Waals surface area contributed by atoms with Gasteiger partial charge in [-0.3, -0.25) is 9.59 Å². The Bertz CT molecular complexity index is 1160. The Labute approximate surface area is 384 Å². The molecule has 0 saturated heterocycles. The van der Waals surface area contributed by atoms with Crippen LogP contribution in [0.2, 0.25) is 0 Å². The van der Waals surface area contributed by atoms with E-state index in [0.717, 1.165) is 89.9 Å². The van der Waals surface area contributed by atoms with Crippen LogP contribution in [-0.4, -0.2) is 37.9 Å². The summed E-state index contributed by atoms with van der Waals surface area (Å²) < 4.78 is 17.3. The van der Waals surface area contributed by atoms with E-state index in [1.54, 1.807) is 0 Å². The van der Waals surface area contributed by atoms with Gasteiger partial charge in [0.1, 0.15) is 6.61 Å². The van der Waals surface area contributed by atoms with Crippen LogP contribution in [-0.2, 0) is 23.8 Å². The van der Waals surface area contributed by atoms with E-state index in [9.17, 15) is 9.59 Å². The van der Waals surface area contributed by atoms with Crippen LogP contribution in [0.25, 0.3) is 0 Å². The van der Waals surface area contributed by atoms with Crippen molar-refractivity contribution in [2.24, 2.45) is 0 Å². The summed E-state index contributed by atoms with van der Waals surface area (Å²) in [5, 5.41) is 0. The first-order valence-corrected chi connectivity index (χ1v) is 26.1. The van der Waals surface area contributed by atoms with Gasteiger partial charge in [0.15, 0.2) is 6.10 Å². The summed E-state index contributed by atoms with van der Waals surface area (Å²) in [7, 11) is 0. The molecule has 356 valence electrons. The average Bonchev–Trinajstić information content (AvgIpc) is 3.27. The standard InChI is InChI=1S/C57H98O5/c1-4-7-10-13-16-19-22-25-28-31-34-37-40-43-46-49-52-60-53-55(62-57(59)51-48-45-42-39-36-33-30-27-24-21-18-15-12-9-6-3)54-61-56(58)50-47-44-41-38-35-32-29-26-23-20-17-14-11-8-5-2/h7,10,16,19,25-30,34,37,43,46,55H,4-6,8-9,11-15,17-18,20-24,31-33,35-36,38-42,44-45,47-54H2,1-3H3/b10-7-,19-16-,28-25-,29-26-,30-27-,37-34-,46-43-. The van der Waals surface area contributed by atoms with Crippen LogP contribution < -0.4 is 0 Å². The molecule has 0 aromatic rings. The molecule has 0 aromatic carbocycles. The highest BCUT2D eigenvalue weighted by atomic mass is 16.6. The summed E-state index contributed by atoms with van der Waals surface area (Å²) in [6, 6.07) is 0. The third-order valence-corrected chi connectivity index (χ3v) is 10.9. The molecule has 0 fully saturated rings. The van der Waals surface area contributed by atoms with E-state index >= 15 is 0 Å². The SMILES string of the molecule is CC/C=C\C/C=C\C/C=C\C/C=C\C/C=C\CCOCC(COC(=O)CCCCCCC/C=C\CCCCCCCC)OC(=O)CCCCCCC/C=C\CCCCCCCC. The lowest BCUT2D eigenvalue weighted by Crippen LogP contribution is -2.30. The first kappa shape index (κ1) is 59.1. The molecule has 0 aliphatic rings. The van der Waals surface area contributed by atoms with Crippen molar-refractivity contribution in [3.63, 3.8) is 0 Å². The summed E-state index contributed by atoms with van der Waals surface area (Å²) >= 11 is 0. The zero-order valence-corrected chi connectivity index (χ0v) is 40.9. The minimum absolute atomic E-state index is 0.0453. The number of ether oxygens (including phenoxy) is 3. The molecule has 0 aromatic heterocycles. The van der Waals surface area contributed by atoms with Gasteiger partial charge in [-0.2, -0.15) is 0 Å². The lowest BCUT2D eigenvalue weighted by Gasteiger charge is -2.18. The fourth-order valence-corrected chi connectivity index (χ4v) is 7.03. The van der Waals surface area contributed by atoms with Crippen molar-refractivity contribution in [2.45, 2.75) is 245 Å². The Morgan fingerprint density at radius 2 is 0.726 bits per heavy atom. The number of rotatable bonds is 47. The second-order valence-electron chi connectivity index (χ2n) is 17.0. The largest absolute Gasteiger partial charge is 0.462 e. The molecule has 1 atom stereocenters. The number of hydrogen-bond acceptors (Lipinski definition) is 5. The van der Waals surface area contributed by atoms with Gasteiger partial charge in [-0.1, -0.05) is 209 Å². The highest BCUT2D eigenvalue weighted by Gasteiger charge is 2.17. The van der Waals surface area contributed by atoms with E-state index in [0.29, 0.717) is 19.4 Å². The molecule has 0 amide bonds. The fourth-order valence-electron chi connectivity index (χ4n) is 7.03. The predicted molar refractivity (Wildman–Crippen MR) is 270 cm³/mol. The quantitative estimate of drug-likeness (QED) is 0.0346. The van der Waals surface area contributed by atoms with Crippen LogP contribution in [0.4, 0.5) is 0 Å². The maximum Gasteiger partial charge on any atom is 0.306 e. The second kappa shape index (κ2) is 52.4. The maximum absolute atomic E-state index is 12.8. The van der Waals surface area contributed by atoms with E-state index in [2.05, 4.69) is 106 Å². The summed E-state index contributed by atoms with van der Waals surface area (Å²) in [5.41, 5.74) is 0. The van der Waals surface area contributed by atoms with Gasteiger partial charge in [-0.05, 0) is 103 Å². The van der Waals surface area contributed by atoms with Crippen LogP contribution in [0.15, 0.2) is 85.1 Å². The Balaban J connectivity index is 4.41. The van der Waals surface area contributed by atoms with E-state index in [4.69, 9.17) is 14.2 Å². The first-order chi connectivity index (χ1) is 30.6. The molecule has 5 nitrogen and oxygen atoms in total. The van der Waals surface area contributed by atoms with Crippen molar-refractivity contribution in [3.8, 4) is 0 Å². The minimum atomic E-state index is -0.586. The smallest absolute Gasteiger partial charge is 0.306 e. The Hall–Kier alpha value is -2.92. The average molecular weight is 863 g/mol. The maximum atomic E-state index is 12.8. The van der Waals surface area contributed by atoms with Gasteiger partial charge in [0.25, 0.3) is 0 Å². The third-order valence-electron chi connectivity index (χ3n) is 10.9. The Kier molecular flexibility index (Phi) is 50.0. The summed E-state index contributed by atoms with van der Waals surface area (Å²) in [6.45, 7) is 7.48. The molecule has 0 heterocycles. The van der Waals surface area contributed by atoms with Crippen LogP contribution >= 0.6 is 0 Å². The Morgan fingerprint density at radius 3 is 1.16 bits per heavy atom. The molecule has 5 heteroatoms. The zero-order valence-electron chi connectivity index (χ0n) is 40.9. The fraction of sp³-hybridized carbons (Fsp3) is 0.719. The van der Waals surface area contributed by atoms with E-state index in [1.165, 1.54) is 116 Å². The number of unbranched alkanes of at least 4 members (excludes halogenated alkanes) is 22. The molecule has 0 N–H and O–H groups in total. The van der Waals surface area contributed by atoms with Gasteiger partial charge < -0.3 is 14.2 Å². The molecular weight excluding hydrogens is 765 g/mol. The van der Waals surface area contributed by atoms with E-state index < -0.39 is 6.10 Å². The molecule has 1 unspecified atom stereocenters. The number of esters is 2. The van der Waals surface area contributed by atoms with Crippen molar-refractivity contribution >= 4 is 11.9 Å². The van der Waals surface area contributed by atoms with E-state index in [1.807, 2.05) is 0 Å². The van der Waals surface area contributed by atoms with Crippen LogP contribution in [0.5, 0.6) is 0 Å². The van der Waals surface area contributed by atoms with Gasteiger partial charge in [0, 0.05) is 12.8 Å². The molecule has 0 radical (unpaired) electrons. The monoisotopic (exact) mass is 863 g/mol.